The van der Waals surface area contributed by atoms with Crippen LogP contribution in [0.3, 0.4) is 0 Å². The fourth-order valence-electron chi connectivity index (χ4n) is 2.36. The number of hydrogen-bond acceptors (Lipinski definition) is 4. The highest BCUT2D eigenvalue weighted by Gasteiger charge is 2.14. The smallest absolute Gasteiger partial charge is 0.222 e. The van der Waals surface area contributed by atoms with Crippen LogP contribution >= 0.6 is 0 Å². The van der Waals surface area contributed by atoms with Gasteiger partial charge in [-0.15, -0.1) is 0 Å². The van der Waals surface area contributed by atoms with E-state index in [-0.39, 0.29) is 0 Å². The largest absolute Gasteiger partial charge is 0.496 e. The Kier molecular flexibility index (Phi) is 4.10. The van der Waals surface area contributed by atoms with Gasteiger partial charge in [-0.1, -0.05) is 25.1 Å². The molecule has 0 saturated carbocycles. The van der Waals surface area contributed by atoms with E-state index in [2.05, 4.69) is 31.1 Å². The number of aromatic nitrogens is 1. The van der Waals surface area contributed by atoms with Gasteiger partial charge in [0.2, 0.25) is 5.88 Å². The van der Waals surface area contributed by atoms with Gasteiger partial charge in [-0.05, 0) is 36.5 Å². The molecule has 0 aliphatic carbocycles. The number of ether oxygens (including phenoxy) is 1. The van der Waals surface area contributed by atoms with Gasteiger partial charge in [-0.3, -0.25) is 0 Å². The monoisotopic (exact) mass is 260 g/mol. The molecular formula is C15H20N2O2. The first-order valence-corrected chi connectivity index (χ1v) is 6.60. The third kappa shape index (κ3) is 2.72. The van der Waals surface area contributed by atoms with Gasteiger partial charge in [-0.25, -0.2) is 0 Å². The standard InChI is InChI=1S/C15H20N2O2/c1-4-10(5-2)11-6-7-14(18-3)12(8-11)13-9-15(16)19-17-13/h6-10H,4-5,16H2,1-3H3. The zero-order valence-corrected chi connectivity index (χ0v) is 11.6. The van der Waals surface area contributed by atoms with Gasteiger partial charge in [0.1, 0.15) is 11.4 Å². The number of nitrogens with zero attached hydrogens (tertiary/aromatic N) is 1. The molecule has 0 unspecified atom stereocenters. The Morgan fingerprint density at radius 2 is 2.00 bits per heavy atom. The van der Waals surface area contributed by atoms with Crippen molar-refractivity contribution in [2.24, 2.45) is 0 Å². The quantitative estimate of drug-likeness (QED) is 0.887. The van der Waals surface area contributed by atoms with Crippen molar-refractivity contribution in [2.45, 2.75) is 32.6 Å². The molecule has 0 amide bonds. The minimum atomic E-state index is 0.310. The van der Waals surface area contributed by atoms with Crippen LogP contribution in [-0.2, 0) is 0 Å². The van der Waals surface area contributed by atoms with Gasteiger partial charge in [0, 0.05) is 11.6 Å². The van der Waals surface area contributed by atoms with E-state index in [1.54, 1.807) is 13.2 Å². The number of rotatable bonds is 5. The van der Waals surface area contributed by atoms with Crippen LogP contribution < -0.4 is 10.5 Å². The summed E-state index contributed by atoms with van der Waals surface area (Å²) < 4.78 is 10.3. The van der Waals surface area contributed by atoms with Gasteiger partial charge < -0.3 is 15.0 Å². The molecule has 0 radical (unpaired) electrons. The molecule has 1 heterocycles. The summed E-state index contributed by atoms with van der Waals surface area (Å²) in [6.45, 7) is 4.40. The molecule has 4 heteroatoms. The Morgan fingerprint density at radius 3 is 2.53 bits per heavy atom. The summed E-state index contributed by atoms with van der Waals surface area (Å²) >= 11 is 0. The van der Waals surface area contributed by atoms with Crippen molar-refractivity contribution in [1.82, 2.24) is 5.16 Å². The van der Waals surface area contributed by atoms with Crippen LogP contribution in [0.2, 0.25) is 0 Å². The lowest BCUT2D eigenvalue weighted by molar-refractivity contribution is 0.413. The summed E-state index contributed by atoms with van der Waals surface area (Å²) in [5.74, 6) is 1.64. The third-order valence-corrected chi connectivity index (χ3v) is 3.48. The van der Waals surface area contributed by atoms with Crippen LogP contribution in [0.5, 0.6) is 5.75 Å². The lowest BCUT2D eigenvalue weighted by Crippen LogP contribution is -1.97. The minimum Gasteiger partial charge on any atom is -0.496 e. The SMILES string of the molecule is CCC(CC)c1ccc(OC)c(-c2cc(N)on2)c1. The lowest BCUT2D eigenvalue weighted by atomic mass is 9.92. The molecule has 102 valence electrons. The molecular weight excluding hydrogens is 240 g/mol. The molecule has 0 spiro atoms. The normalized spacial score (nSPS) is 10.9. The van der Waals surface area contributed by atoms with Crippen LogP contribution in [0.15, 0.2) is 28.8 Å². The van der Waals surface area contributed by atoms with Gasteiger partial charge in [0.25, 0.3) is 0 Å². The fourth-order valence-corrected chi connectivity index (χ4v) is 2.36. The molecule has 0 fully saturated rings. The molecule has 2 aromatic rings. The molecule has 0 saturated heterocycles. The molecule has 1 aromatic carbocycles. The van der Waals surface area contributed by atoms with E-state index in [1.165, 1.54) is 5.56 Å². The second-order valence-corrected chi connectivity index (χ2v) is 4.59. The first kappa shape index (κ1) is 13.5. The summed E-state index contributed by atoms with van der Waals surface area (Å²) in [7, 11) is 1.65. The first-order chi connectivity index (χ1) is 9.19. The van der Waals surface area contributed by atoms with Crippen molar-refractivity contribution < 1.29 is 9.26 Å². The van der Waals surface area contributed by atoms with Crippen LogP contribution in [0.4, 0.5) is 5.88 Å². The summed E-state index contributed by atoms with van der Waals surface area (Å²) in [5.41, 5.74) is 8.52. The predicted molar refractivity (Wildman–Crippen MR) is 76.2 cm³/mol. The number of nitrogen functional groups attached to an aromatic ring is 1. The van der Waals surface area contributed by atoms with Crippen molar-refractivity contribution >= 4 is 5.88 Å². The number of anilines is 1. The van der Waals surface area contributed by atoms with Crippen LogP contribution in [0.1, 0.15) is 38.2 Å². The molecule has 0 aliphatic heterocycles. The number of benzene rings is 1. The molecule has 4 nitrogen and oxygen atoms in total. The van der Waals surface area contributed by atoms with Gasteiger partial charge in [0.15, 0.2) is 0 Å². The highest BCUT2D eigenvalue weighted by molar-refractivity contribution is 5.69. The van der Waals surface area contributed by atoms with Gasteiger partial charge in [-0.2, -0.15) is 0 Å². The molecule has 19 heavy (non-hydrogen) atoms. The topological polar surface area (TPSA) is 61.3 Å². The summed E-state index contributed by atoms with van der Waals surface area (Å²) in [6, 6.07) is 7.93. The summed E-state index contributed by atoms with van der Waals surface area (Å²) in [4.78, 5) is 0. The van der Waals surface area contributed by atoms with Crippen molar-refractivity contribution in [2.75, 3.05) is 12.8 Å². The van der Waals surface area contributed by atoms with Gasteiger partial charge >= 0.3 is 0 Å². The molecule has 0 bridgehead atoms. The van der Waals surface area contributed by atoms with Gasteiger partial charge in [0.05, 0.1) is 7.11 Å². The molecule has 2 rings (SSSR count). The van der Waals surface area contributed by atoms with Crippen molar-refractivity contribution in [1.29, 1.82) is 0 Å². The minimum absolute atomic E-state index is 0.310. The Hall–Kier alpha value is -1.97. The Morgan fingerprint density at radius 1 is 1.26 bits per heavy atom. The molecule has 0 atom stereocenters. The summed E-state index contributed by atoms with van der Waals surface area (Å²) in [6.07, 6.45) is 2.23. The Balaban J connectivity index is 2.47. The van der Waals surface area contributed by atoms with E-state index in [4.69, 9.17) is 15.0 Å². The number of hydrogen-bond donors (Lipinski definition) is 1. The third-order valence-electron chi connectivity index (χ3n) is 3.48. The molecule has 0 aliphatic rings. The van der Waals surface area contributed by atoms with Crippen molar-refractivity contribution in [3.63, 3.8) is 0 Å². The highest BCUT2D eigenvalue weighted by atomic mass is 16.5. The van der Waals surface area contributed by atoms with E-state index in [9.17, 15) is 0 Å². The zero-order chi connectivity index (χ0) is 13.8. The number of nitrogens with two attached hydrogens (primary N) is 1. The van der Waals surface area contributed by atoms with E-state index in [0.29, 0.717) is 17.5 Å². The Bertz CT molecular complexity index is 545. The van der Waals surface area contributed by atoms with Crippen LogP contribution in [0.25, 0.3) is 11.3 Å². The average Bonchev–Trinajstić information content (AvgIpc) is 2.86. The second kappa shape index (κ2) is 5.78. The van der Waals surface area contributed by atoms with Crippen LogP contribution in [0, 0.1) is 0 Å². The lowest BCUT2D eigenvalue weighted by Gasteiger charge is -2.15. The molecule has 1 aromatic heterocycles. The van der Waals surface area contributed by atoms with Crippen LogP contribution in [-0.4, -0.2) is 12.3 Å². The molecule has 2 N–H and O–H groups in total. The van der Waals surface area contributed by atoms with E-state index in [0.717, 1.165) is 24.2 Å². The predicted octanol–water partition coefficient (Wildman–Crippen LogP) is 3.84. The Labute approximate surface area is 113 Å². The highest BCUT2D eigenvalue weighted by Crippen LogP contribution is 2.34. The maximum Gasteiger partial charge on any atom is 0.222 e. The second-order valence-electron chi connectivity index (χ2n) is 4.59. The fraction of sp³-hybridized carbons (Fsp3) is 0.400. The first-order valence-electron chi connectivity index (χ1n) is 6.60. The van der Waals surface area contributed by atoms with E-state index >= 15 is 0 Å². The average molecular weight is 260 g/mol. The van der Waals surface area contributed by atoms with Crippen molar-refractivity contribution in [3.05, 3.63) is 29.8 Å². The van der Waals surface area contributed by atoms with E-state index < -0.39 is 0 Å². The number of methoxy groups -OCH3 is 1. The maximum absolute atomic E-state index is 5.59. The summed E-state index contributed by atoms with van der Waals surface area (Å²) in [5, 5.41) is 3.97. The van der Waals surface area contributed by atoms with E-state index in [1.807, 2.05) is 6.07 Å². The zero-order valence-electron chi connectivity index (χ0n) is 11.6. The van der Waals surface area contributed by atoms with Crippen molar-refractivity contribution in [3.8, 4) is 17.0 Å². The maximum atomic E-state index is 5.59.